The van der Waals surface area contributed by atoms with Gasteiger partial charge in [0.2, 0.25) is 22.8 Å². The van der Waals surface area contributed by atoms with Crippen LogP contribution >= 0.6 is 0 Å². The summed E-state index contributed by atoms with van der Waals surface area (Å²) in [6.07, 6.45) is 3.76. The predicted molar refractivity (Wildman–Crippen MR) is 61.9 cm³/mol. The summed E-state index contributed by atoms with van der Waals surface area (Å²) in [4.78, 5) is 5.04. The molecule has 1 aromatic heterocycles. The smallest absolute Gasteiger partial charge is 0.229 e. The zero-order chi connectivity index (χ0) is 14.3. The summed E-state index contributed by atoms with van der Waals surface area (Å²) >= 11 is 0. The van der Waals surface area contributed by atoms with Gasteiger partial charge in [0.05, 0.1) is 25.3 Å². The van der Waals surface area contributed by atoms with Gasteiger partial charge in [-0.25, -0.2) is 8.42 Å². The molecule has 7 nitrogen and oxygen atoms in total. The predicted octanol–water partition coefficient (Wildman–Crippen LogP) is -0.249. The molecule has 0 aromatic carbocycles. The van der Waals surface area contributed by atoms with Gasteiger partial charge >= 0.3 is 0 Å². The third-order valence-corrected chi connectivity index (χ3v) is 2.39. The molecule has 0 aliphatic rings. The van der Waals surface area contributed by atoms with E-state index < -0.39 is 10.4 Å². The Balaban J connectivity index is 0.000000411. The van der Waals surface area contributed by atoms with Crippen molar-refractivity contribution < 1.29 is 31.5 Å². The van der Waals surface area contributed by atoms with Gasteiger partial charge in [0, 0.05) is 4.73 Å². The van der Waals surface area contributed by atoms with Crippen LogP contribution < -0.4 is 14.3 Å². The highest BCUT2D eigenvalue weighted by atomic mass is 32.3. The molecule has 1 heterocycles. The molecule has 0 atom stereocenters. The van der Waals surface area contributed by atoms with Crippen LogP contribution in [0.3, 0.4) is 0 Å². The summed E-state index contributed by atoms with van der Waals surface area (Å²) in [5.41, 5.74) is 2.14. The fourth-order valence-corrected chi connectivity index (χ4v) is 1.27. The Morgan fingerprint density at radius 2 is 1.50 bits per heavy atom. The number of aryl methyl sites for hydroxylation is 2. The molecule has 0 saturated carbocycles. The molecule has 104 valence electrons. The van der Waals surface area contributed by atoms with E-state index in [0.717, 1.165) is 24.0 Å². The van der Waals surface area contributed by atoms with Crippen molar-refractivity contribution in [1.29, 1.82) is 0 Å². The maximum absolute atomic E-state index is 9.22. The van der Waals surface area contributed by atoms with Crippen LogP contribution in [-0.2, 0) is 14.6 Å². The molecule has 0 N–H and O–H groups in total. The van der Waals surface area contributed by atoms with Gasteiger partial charge in [-0.2, -0.15) is 0 Å². The average Bonchev–Trinajstić information content (AvgIpc) is 2.28. The zero-order valence-electron chi connectivity index (χ0n) is 11.0. The molecule has 0 spiro atoms. The van der Waals surface area contributed by atoms with Gasteiger partial charge in [-0.15, -0.1) is 0 Å². The van der Waals surface area contributed by atoms with Crippen LogP contribution in [0.15, 0.2) is 12.4 Å². The van der Waals surface area contributed by atoms with Crippen LogP contribution in [-0.4, -0.2) is 34.3 Å². The number of nitrogens with zero attached hydrogens (tertiary/aromatic N) is 1. The Kier molecular flexibility index (Phi) is 6.60. The van der Waals surface area contributed by atoms with E-state index in [2.05, 4.69) is 4.18 Å². The van der Waals surface area contributed by atoms with E-state index in [1.54, 1.807) is 19.0 Å². The first-order valence-corrected chi connectivity index (χ1v) is 6.21. The van der Waals surface area contributed by atoms with Crippen LogP contribution in [0.2, 0.25) is 0 Å². The number of aromatic nitrogens is 1. The van der Waals surface area contributed by atoms with Gasteiger partial charge in [-0.3, -0.25) is 9.02 Å². The highest BCUT2D eigenvalue weighted by molar-refractivity contribution is 7.80. The van der Waals surface area contributed by atoms with Crippen LogP contribution in [0.5, 0.6) is 5.75 Å². The van der Waals surface area contributed by atoms with Gasteiger partial charge < -0.3 is 9.29 Å². The average molecular weight is 279 g/mol. The Hall–Kier alpha value is -1.38. The van der Waals surface area contributed by atoms with Crippen molar-refractivity contribution in [3.05, 3.63) is 23.5 Å². The number of rotatable bonds is 3. The van der Waals surface area contributed by atoms with Crippen molar-refractivity contribution in [3.8, 4) is 5.75 Å². The zero-order valence-corrected chi connectivity index (χ0v) is 11.8. The monoisotopic (exact) mass is 279 g/mol. The van der Waals surface area contributed by atoms with Crippen LogP contribution in [0.1, 0.15) is 11.1 Å². The Morgan fingerprint density at radius 3 is 1.72 bits per heavy atom. The van der Waals surface area contributed by atoms with E-state index in [4.69, 9.17) is 9.57 Å². The summed E-state index contributed by atoms with van der Waals surface area (Å²) in [6.45, 7) is 3.97. The number of hydrogen-bond acceptors (Lipinski definition) is 6. The van der Waals surface area contributed by atoms with Crippen molar-refractivity contribution in [2.24, 2.45) is 0 Å². The Labute approximate surface area is 107 Å². The van der Waals surface area contributed by atoms with Gasteiger partial charge in [-0.05, 0) is 13.8 Å². The maximum atomic E-state index is 9.22. The lowest BCUT2D eigenvalue weighted by molar-refractivity contribution is -0.886. The molecule has 0 amide bonds. The van der Waals surface area contributed by atoms with E-state index in [9.17, 15) is 13.0 Å². The van der Waals surface area contributed by atoms with Crippen LogP contribution in [0.4, 0.5) is 0 Å². The SMILES string of the molecule is COS(=O)(=O)[O-].COc1c(C)c[n+](OC)cc1C. The molecule has 0 saturated heterocycles. The van der Waals surface area contributed by atoms with Gasteiger partial charge in [0.25, 0.3) is 0 Å². The minimum Gasteiger partial charge on any atom is -0.726 e. The van der Waals surface area contributed by atoms with E-state index in [-0.39, 0.29) is 0 Å². The Morgan fingerprint density at radius 1 is 1.11 bits per heavy atom. The fourth-order valence-electron chi connectivity index (χ4n) is 1.27. The number of pyridine rings is 1. The van der Waals surface area contributed by atoms with Crippen molar-refractivity contribution in [3.63, 3.8) is 0 Å². The summed E-state index contributed by atoms with van der Waals surface area (Å²) in [5, 5.41) is 0. The fraction of sp³-hybridized carbons (Fsp3) is 0.500. The summed E-state index contributed by atoms with van der Waals surface area (Å²) < 4.78 is 37.9. The van der Waals surface area contributed by atoms with Gasteiger partial charge in [-0.1, -0.05) is 0 Å². The highest BCUT2D eigenvalue weighted by Crippen LogP contribution is 2.18. The highest BCUT2D eigenvalue weighted by Gasteiger charge is 2.10. The maximum Gasteiger partial charge on any atom is 0.229 e. The Bertz CT molecular complexity index is 462. The number of hydrogen-bond donors (Lipinski definition) is 0. The van der Waals surface area contributed by atoms with E-state index in [1.807, 2.05) is 26.2 Å². The molecule has 0 aliphatic carbocycles. The number of ether oxygens (including phenoxy) is 1. The second-order valence-electron chi connectivity index (χ2n) is 3.27. The normalized spacial score (nSPS) is 10.3. The lowest BCUT2D eigenvalue weighted by atomic mass is 10.2. The molecule has 1 rings (SSSR count). The molecule has 18 heavy (non-hydrogen) atoms. The van der Waals surface area contributed by atoms with Crippen molar-refractivity contribution in [2.75, 3.05) is 21.3 Å². The first-order chi connectivity index (χ1) is 8.25. The van der Waals surface area contributed by atoms with Crippen LogP contribution in [0.25, 0.3) is 0 Å². The molecule has 0 aliphatic heterocycles. The standard InChI is InChI=1S/C9H14NO2.CH4O4S/c1-7-5-10(12-4)6-8(2)9(7)11-3;1-5-6(2,3)4/h5-6H,1-4H3;1H3,(H,2,3,4)/q+1;/p-1. The van der Waals surface area contributed by atoms with E-state index in [1.165, 1.54) is 0 Å². The van der Waals surface area contributed by atoms with E-state index >= 15 is 0 Å². The summed E-state index contributed by atoms with van der Waals surface area (Å²) in [6, 6.07) is 0. The molecule has 0 unspecified atom stereocenters. The minimum absolute atomic E-state index is 0.808. The second-order valence-corrected chi connectivity index (χ2v) is 4.42. The molecular weight excluding hydrogens is 262 g/mol. The molecule has 0 bridgehead atoms. The first-order valence-electron chi connectivity index (χ1n) is 4.87. The summed E-state index contributed by atoms with van der Waals surface area (Å²) in [7, 11) is -0.301. The summed E-state index contributed by atoms with van der Waals surface area (Å²) in [5.74, 6) is 0.920. The van der Waals surface area contributed by atoms with Crippen molar-refractivity contribution in [2.45, 2.75) is 13.8 Å². The molecule has 8 heteroatoms. The lowest BCUT2D eigenvalue weighted by Crippen LogP contribution is -2.40. The quantitative estimate of drug-likeness (QED) is 0.431. The van der Waals surface area contributed by atoms with Gasteiger partial charge in [0.1, 0.15) is 12.9 Å². The van der Waals surface area contributed by atoms with Crippen molar-refractivity contribution >= 4 is 10.4 Å². The van der Waals surface area contributed by atoms with Gasteiger partial charge in [0.15, 0.2) is 0 Å². The molecule has 0 fully saturated rings. The molecular formula is C10H17NO6S. The largest absolute Gasteiger partial charge is 0.726 e. The first kappa shape index (κ1) is 16.6. The van der Waals surface area contributed by atoms with Crippen molar-refractivity contribution in [1.82, 2.24) is 0 Å². The van der Waals surface area contributed by atoms with Crippen LogP contribution in [0, 0.1) is 13.8 Å². The minimum atomic E-state index is -4.41. The number of methoxy groups -OCH3 is 1. The molecule has 1 aromatic rings. The second kappa shape index (κ2) is 7.14. The topological polar surface area (TPSA) is 88.8 Å². The molecule has 0 radical (unpaired) electrons. The third-order valence-electron chi connectivity index (χ3n) is 1.98. The third kappa shape index (κ3) is 5.80. The lowest BCUT2D eigenvalue weighted by Gasteiger charge is -2.04. The van der Waals surface area contributed by atoms with E-state index in [0.29, 0.717) is 0 Å².